The summed E-state index contributed by atoms with van der Waals surface area (Å²) in [4.78, 5) is 36.3. The predicted octanol–water partition coefficient (Wildman–Crippen LogP) is 4.60. The molecule has 0 spiro atoms. The van der Waals surface area contributed by atoms with Gasteiger partial charge in [0, 0.05) is 22.7 Å². The summed E-state index contributed by atoms with van der Waals surface area (Å²) in [6, 6.07) is 17.3. The number of fused-ring (bicyclic) bond motifs is 3. The monoisotopic (exact) mass is 508 g/mol. The average Bonchev–Trinajstić information content (AvgIpc) is 3.64. The minimum absolute atomic E-state index is 0. The topological polar surface area (TPSA) is 120 Å². The fraction of sp³-hybridized carbons (Fsp3) is 0.448. The zero-order valence-electron chi connectivity index (χ0n) is 21.2. The number of ether oxygens (including phenoxy) is 1. The minimum Gasteiger partial charge on any atom is -0.449 e. The first-order valence-corrected chi connectivity index (χ1v) is 13.0. The van der Waals surface area contributed by atoms with Crippen molar-refractivity contribution in [1.29, 1.82) is 5.26 Å². The van der Waals surface area contributed by atoms with Crippen LogP contribution in [0, 0.1) is 23.2 Å². The Morgan fingerprint density at radius 1 is 1.11 bits per heavy atom. The molecular formula is C29H40N4O4. The number of nitrogens with zero attached hydrogens (tertiary/aromatic N) is 1. The summed E-state index contributed by atoms with van der Waals surface area (Å²) in [5.41, 5.74) is 4.48. The van der Waals surface area contributed by atoms with Gasteiger partial charge in [-0.15, -0.1) is 0 Å². The number of carbonyl (C=O) groups excluding carboxylic acids is 3. The van der Waals surface area contributed by atoms with Crippen molar-refractivity contribution in [2.45, 2.75) is 51.0 Å². The molecule has 2 aliphatic carbocycles. The van der Waals surface area contributed by atoms with Crippen LogP contribution in [0.1, 0.15) is 60.4 Å². The number of piperidine rings is 1. The lowest BCUT2D eigenvalue weighted by molar-refractivity contribution is -0.127. The quantitative estimate of drug-likeness (QED) is 0.505. The number of nitrogens with one attached hydrogen (secondary N) is 3. The van der Waals surface area contributed by atoms with E-state index < -0.39 is 18.0 Å². The fourth-order valence-corrected chi connectivity index (χ4v) is 4.70. The maximum atomic E-state index is 12.2. The molecule has 0 bridgehead atoms. The van der Waals surface area contributed by atoms with E-state index in [1.807, 2.05) is 42.5 Å². The van der Waals surface area contributed by atoms with E-state index >= 15 is 0 Å². The Morgan fingerprint density at radius 3 is 2.30 bits per heavy atom. The van der Waals surface area contributed by atoms with Gasteiger partial charge < -0.3 is 20.7 Å². The molecule has 8 nitrogen and oxygen atoms in total. The second kappa shape index (κ2) is 12.4. The number of hydrogen-bond acceptors (Lipinski definition) is 5. The summed E-state index contributed by atoms with van der Waals surface area (Å²) < 4.78 is 5.41. The molecule has 200 valence electrons. The van der Waals surface area contributed by atoms with E-state index in [0.717, 1.165) is 34.6 Å². The van der Waals surface area contributed by atoms with Gasteiger partial charge in [-0.05, 0) is 47.4 Å². The molecule has 2 aromatic rings. The van der Waals surface area contributed by atoms with Gasteiger partial charge in [-0.1, -0.05) is 68.3 Å². The smallest absolute Gasteiger partial charge is 0.407 e. The average molecular weight is 509 g/mol. The van der Waals surface area contributed by atoms with Crippen molar-refractivity contribution in [2.75, 3.05) is 19.7 Å². The van der Waals surface area contributed by atoms with Crippen LogP contribution < -0.4 is 16.0 Å². The van der Waals surface area contributed by atoms with Gasteiger partial charge in [0.05, 0.1) is 6.07 Å². The Bertz CT molecular complexity index is 1140. The molecule has 1 heterocycles. The molecule has 8 heteroatoms. The Morgan fingerprint density at radius 2 is 1.73 bits per heavy atom. The Kier molecular flexibility index (Phi) is 8.78. The van der Waals surface area contributed by atoms with Gasteiger partial charge in [0.15, 0.2) is 0 Å². The van der Waals surface area contributed by atoms with Crippen LogP contribution in [-0.4, -0.2) is 43.6 Å². The van der Waals surface area contributed by atoms with Crippen molar-refractivity contribution in [3.8, 4) is 17.2 Å². The Hall–Kier alpha value is -3.86. The van der Waals surface area contributed by atoms with Crippen molar-refractivity contribution in [2.24, 2.45) is 11.8 Å². The molecule has 0 radical (unpaired) electrons. The summed E-state index contributed by atoms with van der Waals surface area (Å²) in [6.07, 6.45) is 4.06. The van der Waals surface area contributed by atoms with E-state index in [-0.39, 0.29) is 41.6 Å². The summed E-state index contributed by atoms with van der Waals surface area (Å²) in [7, 11) is 0. The first kappa shape index (κ1) is 26.2. The molecule has 2 aromatic carbocycles. The lowest BCUT2D eigenvalue weighted by Gasteiger charge is -2.23. The lowest BCUT2D eigenvalue weighted by atomic mass is 9.92. The van der Waals surface area contributed by atoms with Crippen LogP contribution in [0.15, 0.2) is 48.5 Å². The SMILES string of the molecule is CC1CC1.N#C[C@H](C[C@@H]1CCCNC1=O)NC(=O)CNC(=O)OCC1c2ccccc2-c2ccccc21.[HH].[HH].[HH]. The van der Waals surface area contributed by atoms with Crippen molar-refractivity contribution < 1.29 is 23.4 Å². The zero-order chi connectivity index (χ0) is 26.2. The van der Waals surface area contributed by atoms with Gasteiger partial charge in [-0.2, -0.15) is 5.26 Å². The number of alkyl carbamates (subject to hydrolysis) is 1. The van der Waals surface area contributed by atoms with Gasteiger partial charge in [-0.25, -0.2) is 4.79 Å². The first-order valence-electron chi connectivity index (χ1n) is 13.0. The van der Waals surface area contributed by atoms with Crippen molar-refractivity contribution >= 4 is 17.9 Å². The van der Waals surface area contributed by atoms with Gasteiger partial charge in [-0.3, -0.25) is 9.59 Å². The zero-order valence-corrected chi connectivity index (χ0v) is 21.2. The molecule has 1 aliphatic heterocycles. The highest BCUT2D eigenvalue weighted by Crippen LogP contribution is 2.44. The molecule has 3 N–H and O–H groups in total. The van der Waals surface area contributed by atoms with Gasteiger partial charge in [0.2, 0.25) is 11.8 Å². The number of rotatable bonds is 7. The molecule has 5 rings (SSSR count). The van der Waals surface area contributed by atoms with Crippen molar-refractivity contribution in [3.05, 3.63) is 59.7 Å². The Balaban J connectivity index is 0.00000105. The molecule has 3 aliphatic rings. The second-order valence-electron chi connectivity index (χ2n) is 9.98. The number of nitriles is 1. The fourth-order valence-electron chi connectivity index (χ4n) is 4.70. The third-order valence-corrected chi connectivity index (χ3v) is 7.01. The van der Waals surface area contributed by atoms with E-state index in [9.17, 15) is 19.6 Å². The van der Waals surface area contributed by atoms with Crippen LogP contribution in [0.4, 0.5) is 4.79 Å². The minimum atomic E-state index is -0.796. The summed E-state index contributed by atoms with van der Waals surface area (Å²) >= 11 is 0. The van der Waals surface area contributed by atoms with Crippen LogP contribution in [0.3, 0.4) is 0 Å². The number of hydrogen-bond donors (Lipinski definition) is 3. The molecule has 0 unspecified atom stereocenters. The highest BCUT2D eigenvalue weighted by Gasteiger charge is 2.29. The van der Waals surface area contributed by atoms with Gasteiger partial charge in [0.1, 0.15) is 19.2 Å². The lowest BCUT2D eigenvalue weighted by Crippen LogP contribution is -2.45. The standard InChI is InChI=1S/C25H26N4O4.C4H8.3H2/c26-13-17(12-16-6-5-11-27-24(16)31)29-23(30)14-28-25(32)33-15-22-20-9-3-1-7-18(20)19-8-2-4-10-21(19)22;1-4-2-3-4;;;/h1-4,7-10,16-17,22H,5-6,11-12,14-15H2,(H,27,31)(H,28,32)(H,29,30);4H,2-3H2,1H3;3*1H/t16-,17-;;;;/m0..../s1. The second-order valence-corrected chi connectivity index (χ2v) is 9.98. The van der Waals surface area contributed by atoms with Gasteiger partial charge >= 0.3 is 6.09 Å². The number of benzene rings is 2. The van der Waals surface area contributed by atoms with Crippen LogP contribution in [-0.2, 0) is 14.3 Å². The normalized spacial score (nSPS) is 18.6. The third kappa shape index (κ3) is 7.10. The molecule has 1 saturated carbocycles. The molecule has 2 atom stereocenters. The number of amides is 3. The Labute approximate surface area is 222 Å². The maximum absolute atomic E-state index is 12.2. The van der Waals surface area contributed by atoms with Crippen LogP contribution >= 0.6 is 0 Å². The molecular weight excluding hydrogens is 468 g/mol. The van der Waals surface area contributed by atoms with Crippen LogP contribution in [0.25, 0.3) is 11.1 Å². The maximum Gasteiger partial charge on any atom is 0.407 e. The third-order valence-electron chi connectivity index (χ3n) is 7.01. The van der Waals surface area contributed by atoms with Crippen molar-refractivity contribution in [1.82, 2.24) is 16.0 Å². The van der Waals surface area contributed by atoms with E-state index in [4.69, 9.17) is 4.74 Å². The molecule has 0 aromatic heterocycles. The number of carbonyl (C=O) groups is 3. The first-order chi connectivity index (χ1) is 18.0. The predicted molar refractivity (Wildman–Crippen MR) is 146 cm³/mol. The molecule has 37 heavy (non-hydrogen) atoms. The van der Waals surface area contributed by atoms with E-state index in [1.165, 1.54) is 12.8 Å². The summed E-state index contributed by atoms with van der Waals surface area (Å²) in [5.74, 6) is 0.124. The van der Waals surface area contributed by atoms with Crippen LogP contribution in [0.2, 0.25) is 0 Å². The summed E-state index contributed by atoms with van der Waals surface area (Å²) in [5, 5.41) is 17.1. The van der Waals surface area contributed by atoms with E-state index in [0.29, 0.717) is 13.0 Å². The largest absolute Gasteiger partial charge is 0.449 e. The highest BCUT2D eigenvalue weighted by molar-refractivity contribution is 5.83. The highest BCUT2D eigenvalue weighted by atomic mass is 16.5. The molecule has 1 saturated heterocycles. The molecule has 3 amide bonds. The van der Waals surface area contributed by atoms with Crippen LogP contribution in [0.5, 0.6) is 0 Å². The van der Waals surface area contributed by atoms with Gasteiger partial charge in [0.25, 0.3) is 0 Å². The van der Waals surface area contributed by atoms with Crippen molar-refractivity contribution in [3.63, 3.8) is 0 Å². The molecule has 2 fully saturated rings. The summed E-state index contributed by atoms with van der Waals surface area (Å²) in [6.45, 7) is 2.76. The van der Waals surface area contributed by atoms with E-state index in [1.54, 1.807) is 0 Å². The van der Waals surface area contributed by atoms with E-state index in [2.05, 4.69) is 35.0 Å².